The third-order valence-corrected chi connectivity index (χ3v) is 10.3. The van der Waals surface area contributed by atoms with Crippen molar-refractivity contribution < 1.29 is 27.9 Å². The van der Waals surface area contributed by atoms with Crippen LogP contribution >= 0.6 is 41.5 Å². The van der Waals surface area contributed by atoms with Crippen LogP contribution in [-0.4, -0.2) is 58.5 Å². The molecule has 35 heavy (non-hydrogen) atoms. The average molecular weight is 640 g/mol. The van der Waals surface area contributed by atoms with Gasteiger partial charge in [-0.3, -0.25) is 14.5 Å². The minimum atomic E-state index is -4.54. The summed E-state index contributed by atoms with van der Waals surface area (Å²) in [5.41, 5.74) is -1.89. The van der Waals surface area contributed by atoms with Crippen LogP contribution in [0.25, 0.3) is 0 Å². The van der Waals surface area contributed by atoms with Crippen molar-refractivity contribution in [3.63, 3.8) is 0 Å². The van der Waals surface area contributed by atoms with Crippen molar-refractivity contribution in [3.05, 3.63) is 46.5 Å². The number of aliphatic hydroxyl groups is 1. The van der Waals surface area contributed by atoms with E-state index in [4.69, 9.17) is 0 Å². The van der Waals surface area contributed by atoms with Crippen molar-refractivity contribution in [1.29, 1.82) is 0 Å². The molecule has 1 aliphatic heterocycles. The molecule has 2 amide bonds. The second-order valence-electron chi connectivity index (χ2n) is 8.81. The van der Waals surface area contributed by atoms with Crippen LogP contribution in [0.15, 0.2) is 34.8 Å². The molecule has 0 unspecified atom stereocenters. The molecule has 2 fully saturated rings. The molecule has 1 saturated carbocycles. The fourth-order valence-electron chi connectivity index (χ4n) is 4.48. The quantitative estimate of drug-likeness (QED) is 0.397. The van der Waals surface area contributed by atoms with Crippen molar-refractivity contribution in [2.45, 2.75) is 53.9 Å². The molecule has 1 aliphatic carbocycles. The second kappa shape index (κ2) is 10.9. The molecule has 7 nitrogen and oxygen atoms in total. The summed E-state index contributed by atoms with van der Waals surface area (Å²) in [4.78, 5) is 31.9. The fraction of sp³-hybridized carbons (Fsp3) is 0.500. The summed E-state index contributed by atoms with van der Waals surface area (Å²) >= 11 is 3.71. The molecule has 2 aromatic rings. The van der Waals surface area contributed by atoms with Gasteiger partial charge in [-0.25, -0.2) is 4.98 Å². The van der Waals surface area contributed by atoms with Gasteiger partial charge in [0.05, 0.1) is 23.0 Å². The number of halogens is 4. The Hall–Kier alpha value is -1.42. The third kappa shape index (κ3) is 6.48. The van der Waals surface area contributed by atoms with E-state index in [0.717, 1.165) is 40.3 Å². The molecule has 1 aromatic heterocycles. The number of rotatable bonds is 7. The van der Waals surface area contributed by atoms with Crippen molar-refractivity contribution >= 4 is 53.3 Å². The zero-order chi connectivity index (χ0) is 25.2. The summed E-state index contributed by atoms with van der Waals surface area (Å²) in [6.45, 7) is 1.06. The van der Waals surface area contributed by atoms with Gasteiger partial charge in [-0.1, -0.05) is 6.07 Å². The Kier molecular flexibility index (Phi) is 8.30. The molecule has 4 rings (SSSR count). The molecule has 1 aromatic carbocycles. The summed E-state index contributed by atoms with van der Waals surface area (Å²) < 4.78 is 39.4. The molecule has 1 saturated heterocycles. The predicted octanol–water partition coefficient (Wildman–Crippen LogP) is 3.96. The number of carbonyl (C=O) groups excluding carboxylic acids is 2. The first-order valence-electron chi connectivity index (χ1n) is 11.0. The summed E-state index contributed by atoms with van der Waals surface area (Å²) in [6, 6.07) is 4.38. The molecule has 0 atom stereocenters. The van der Waals surface area contributed by atoms with Gasteiger partial charge in [-0.2, -0.15) is 13.2 Å². The molecule has 190 valence electrons. The molecule has 2 aliphatic rings. The highest BCUT2D eigenvalue weighted by molar-refractivity contribution is 14.2. The zero-order valence-electron chi connectivity index (χ0n) is 18.5. The lowest BCUT2D eigenvalue weighted by Crippen LogP contribution is -2.63. The Morgan fingerprint density at radius 1 is 1.29 bits per heavy atom. The number of carbonyl (C=O) groups is 2. The first kappa shape index (κ1) is 26.6. The number of thiazole rings is 1. The number of nitrogens with one attached hydrogen (secondary N) is 2. The van der Waals surface area contributed by atoms with Gasteiger partial charge in [0.2, 0.25) is 5.91 Å². The maximum absolute atomic E-state index is 12.8. The third-order valence-electron chi connectivity index (χ3n) is 6.44. The van der Waals surface area contributed by atoms with Gasteiger partial charge in [-0.05, 0) is 52.8 Å². The zero-order valence-corrected chi connectivity index (χ0v) is 22.3. The van der Waals surface area contributed by atoms with Crippen molar-refractivity contribution in [2.75, 3.05) is 19.6 Å². The normalized spacial score (nSPS) is 23.5. The molecule has 0 spiro atoms. The predicted molar refractivity (Wildman–Crippen MR) is 135 cm³/mol. The molecular weight excluding hydrogens is 616 g/mol. The number of hydrogen-bond acceptors (Lipinski definition) is 7. The highest BCUT2D eigenvalue weighted by Gasteiger charge is 2.41. The highest BCUT2D eigenvalue weighted by Crippen LogP contribution is 2.43. The van der Waals surface area contributed by atoms with Gasteiger partial charge in [0.15, 0.2) is 4.34 Å². The SMILES string of the molecule is O=C(CNC(=O)c1cccc(C(F)(F)F)c1)NC1CN(C2CCC(O)(c3cnc(SI)s3)CC2)C1. The van der Waals surface area contributed by atoms with E-state index in [0.29, 0.717) is 32.0 Å². The van der Waals surface area contributed by atoms with Crippen LogP contribution in [0, 0.1) is 0 Å². The van der Waals surface area contributed by atoms with E-state index >= 15 is 0 Å². The lowest BCUT2D eigenvalue weighted by atomic mass is 9.80. The van der Waals surface area contributed by atoms with Crippen molar-refractivity contribution in [3.8, 4) is 0 Å². The molecule has 0 radical (unpaired) electrons. The van der Waals surface area contributed by atoms with E-state index in [1.807, 2.05) is 0 Å². The van der Waals surface area contributed by atoms with Crippen LogP contribution in [0.2, 0.25) is 0 Å². The molecule has 0 bridgehead atoms. The maximum atomic E-state index is 12.8. The van der Waals surface area contributed by atoms with Gasteiger partial charge in [-0.15, -0.1) is 11.3 Å². The number of aromatic nitrogens is 1. The molecule has 2 heterocycles. The number of amides is 2. The number of hydrogen-bond donors (Lipinski definition) is 3. The first-order chi connectivity index (χ1) is 16.6. The highest BCUT2D eigenvalue weighted by atomic mass is 127. The smallest absolute Gasteiger partial charge is 0.384 e. The minimum Gasteiger partial charge on any atom is -0.384 e. The van der Waals surface area contributed by atoms with Gasteiger partial charge < -0.3 is 15.7 Å². The van der Waals surface area contributed by atoms with E-state index in [1.54, 1.807) is 15.1 Å². The molecule has 3 N–H and O–H groups in total. The van der Waals surface area contributed by atoms with Crippen LogP contribution in [0.1, 0.15) is 46.5 Å². The lowest BCUT2D eigenvalue weighted by molar-refractivity contribution is -0.137. The number of likely N-dealkylation sites (tertiary alicyclic amines) is 1. The number of alkyl halides is 3. The standard InChI is InChI=1S/C22H24F3IN4O3S2/c23-22(24,25)14-3-1-2-13(8-14)19(32)27-10-18(31)29-15-11-30(12-15)16-4-6-21(33,7-5-16)17-9-28-20(34-17)35-26/h1-3,8-9,15-16,33H,4-7,10-12H2,(H,27,32)(H,29,31). The minimum absolute atomic E-state index is 0.0431. The summed E-state index contributed by atoms with van der Waals surface area (Å²) in [6.07, 6.45) is 0.274. The first-order valence-corrected chi connectivity index (χ1v) is 15.2. The summed E-state index contributed by atoms with van der Waals surface area (Å²) in [7, 11) is 1.54. The van der Waals surface area contributed by atoms with Gasteiger partial charge in [0.25, 0.3) is 5.91 Å². The van der Waals surface area contributed by atoms with Gasteiger partial charge >= 0.3 is 6.18 Å². The lowest BCUT2D eigenvalue weighted by Gasteiger charge is -2.48. The van der Waals surface area contributed by atoms with E-state index < -0.39 is 23.2 Å². The number of benzene rings is 1. The Morgan fingerprint density at radius 3 is 2.63 bits per heavy atom. The topological polar surface area (TPSA) is 94.6 Å². The van der Waals surface area contributed by atoms with E-state index in [-0.39, 0.29) is 24.1 Å². The van der Waals surface area contributed by atoms with Crippen LogP contribution in [0.3, 0.4) is 0 Å². The van der Waals surface area contributed by atoms with Crippen LogP contribution < -0.4 is 10.6 Å². The van der Waals surface area contributed by atoms with E-state index in [1.165, 1.54) is 17.4 Å². The number of nitrogens with zero attached hydrogens (tertiary/aromatic N) is 2. The average Bonchev–Trinajstić information content (AvgIpc) is 3.30. The van der Waals surface area contributed by atoms with Crippen LogP contribution in [0.5, 0.6) is 0 Å². The van der Waals surface area contributed by atoms with E-state index in [9.17, 15) is 27.9 Å². The Morgan fingerprint density at radius 2 is 2.00 bits per heavy atom. The van der Waals surface area contributed by atoms with Crippen LogP contribution in [-0.2, 0) is 16.6 Å². The van der Waals surface area contributed by atoms with E-state index in [2.05, 4.69) is 41.7 Å². The largest absolute Gasteiger partial charge is 0.416 e. The van der Waals surface area contributed by atoms with Crippen LogP contribution in [0.4, 0.5) is 13.2 Å². The molecular formula is C22H24F3IN4O3S2. The molecule has 13 heteroatoms. The summed E-state index contributed by atoms with van der Waals surface area (Å²) in [5, 5.41) is 16.3. The fourth-order valence-corrected chi connectivity index (χ4v) is 6.91. The second-order valence-corrected chi connectivity index (χ2v) is 12.0. The Bertz CT molecular complexity index is 1070. The van der Waals surface area contributed by atoms with Crippen molar-refractivity contribution in [2.24, 2.45) is 0 Å². The monoisotopic (exact) mass is 640 g/mol. The maximum Gasteiger partial charge on any atom is 0.416 e. The van der Waals surface area contributed by atoms with Crippen molar-refractivity contribution in [1.82, 2.24) is 20.5 Å². The Balaban J connectivity index is 1.17. The summed E-state index contributed by atoms with van der Waals surface area (Å²) in [5.74, 6) is -1.12. The van der Waals surface area contributed by atoms with Gasteiger partial charge in [0, 0.05) is 52.1 Å². The Labute approximate surface area is 220 Å². The van der Waals surface area contributed by atoms with Gasteiger partial charge in [0.1, 0.15) is 5.60 Å².